The van der Waals surface area contributed by atoms with Crippen LogP contribution in [0.5, 0.6) is 0 Å². The van der Waals surface area contributed by atoms with E-state index in [1.54, 1.807) is 0 Å². The quantitative estimate of drug-likeness (QED) is 0.705. The number of benzene rings is 1. The van der Waals surface area contributed by atoms with Crippen LogP contribution in [0.3, 0.4) is 0 Å². The molecule has 5 heteroatoms. The number of carbonyl (C=O) groups excluding carboxylic acids is 1. The number of amides is 1. The van der Waals surface area contributed by atoms with Gasteiger partial charge in [-0.3, -0.25) is 4.79 Å². The molecule has 0 unspecified atom stereocenters. The number of aryl methyl sites for hydroxylation is 1. The SMILES string of the molecule is Cc1ccccc1C(=O)NCC1(CC2CC2)CCC(S(=O)(=O)CC2CC2)CC1. The molecule has 3 saturated carbocycles. The van der Waals surface area contributed by atoms with E-state index in [1.165, 1.54) is 12.8 Å². The molecular formula is C23H33NO3S. The van der Waals surface area contributed by atoms with Crippen molar-refractivity contribution in [2.45, 2.75) is 70.0 Å². The first-order valence-electron chi connectivity index (χ1n) is 10.9. The zero-order valence-electron chi connectivity index (χ0n) is 17.0. The van der Waals surface area contributed by atoms with E-state index in [0.29, 0.717) is 18.2 Å². The zero-order valence-corrected chi connectivity index (χ0v) is 17.8. The summed E-state index contributed by atoms with van der Waals surface area (Å²) in [5.74, 6) is 1.60. The van der Waals surface area contributed by atoms with Gasteiger partial charge in [0, 0.05) is 12.1 Å². The third kappa shape index (κ3) is 4.79. The van der Waals surface area contributed by atoms with Crippen LogP contribution in [0.2, 0.25) is 0 Å². The van der Waals surface area contributed by atoms with Crippen LogP contribution in [0.25, 0.3) is 0 Å². The summed E-state index contributed by atoms with van der Waals surface area (Å²) in [4.78, 5) is 12.7. The Morgan fingerprint density at radius 1 is 1.04 bits per heavy atom. The Morgan fingerprint density at radius 2 is 1.68 bits per heavy atom. The molecule has 3 fully saturated rings. The van der Waals surface area contributed by atoms with Crippen molar-refractivity contribution in [1.29, 1.82) is 0 Å². The number of hydrogen-bond donors (Lipinski definition) is 1. The maximum atomic E-state index is 12.7. The Bertz CT molecular complexity index is 816. The minimum atomic E-state index is -2.95. The molecule has 0 atom stereocenters. The third-order valence-corrected chi connectivity index (χ3v) is 9.52. The molecular weight excluding hydrogens is 370 g/mol. The average molecular weight is 404 g/mol. The van der Waals surface area contributed by atoms with E-state index in [1.807, 2.05) is 31.2 Å². The van der Waals surface area contributed by atoms with Gasteiger partial charge >= 0.3 is 0 Å². The van der Waals surface area contributed by atoms with Crippen LogP contribution in [-0.2, 0) is 9.84 Å². The highest BCUT2D eigenvalue weighted by molar-refractivity contribution is 7.92. The Morgan fingerprint density at radius 3 is 2.29 bits per heavy atom. The molecule has 0 bridgehead atoms. The van der Waals surface area contributed by atoms with Crippen LogP contribution in [0, 0.1) is 24.2 Å². The van der Waals surface area contributed by atoms with Crippen LogP contribution in [0.15, 0.2) is 24.3 Å². The first-order valence-corrected chi connectivity index (χ1v) is 12.6. The minimum Gasteiger partial charge on any atom is -0.351 e. The van der Waals surface area contributed by atoms with Crippen molar-refractivity contribution in [3.8, 4) is 0 Å². The first kappa shape index (κ1) is 19.9. The van der Waals surface area contributed by atoms with E-state index in [2.05, 4.69) is 5.32 Å². The lowest BCUT2D eigenvalue weighted by atomic mass is 9.70. The van der Waals surface area contributed by atoms with Gasteiger partial charge in [-0.1, -0.05) is 31.0 Å². The number of carbonyl (C=O) groups is 1. The molecule has 0 aliphatic heterocycles. The third-order valence-electron chi connectivity index (χ3n) is 7.10. The molecule has 1 aromatic rings. The lowest BCUT2D eigenvalue weighted by Gasteiger charge is -2.40. The van der Waals surface area contributed by atoms with Gasteiger partial charge in [0.05, 0.1) is 11.0 Å². The number of rotatable bonds is 8. The number of sulfone groups is 1. The molecule has 0 heterocycles. The van der Waals surface area contributed by atoms with Crippen molar-refractivity contribution in [1.82, 2.24) is 5.32 Å². The van der Waals surface area contributed by atoms with Crippen molar-refractivity contribution < 1.29 is 13.2 Å². The molecule has 4 nitrogen and oxygen atoms in total. The second-order valence-electron chi connectivity index (χ2n) is 9.62. The van der Waals surface area contributed by atoms with Gasteiger partial charge in [-0.15, -0.1) is 0 Å². The summed E-state index contributed by atoms with van der Waals surface area (Å²) < 4.78 is 25.4. The molecule has 28 heavy (non-hydrogen) atoms. The fraction of sp³-hybridized carbons (Fsp3) is 0.696. The fourth-order valence-electron chi connectivity index (χ4n) is 4.89. The summed E-state index contributed by atoms with van der Waals surface area (Å²) in [6.07, 6.45) is 9.26. The van der Waals surface area contributed by atoms with Gasteiger partial charge in [0.1, 0.15) is 0 Å². The first-order chi connectivity index (χ1) is 13.4. The Hall–Kier alpha value is -1.36. The van der Waals surface area contributed by atoms with Gasteiger partial charge < -0.3 is 5.32 Å². The molecule has 3 aliphatic rings. The smallest absolute Gasteiger partial charge is 0.251 e. The van der Waals surface area contributed by atoms with Crippen molar-refractivity contribution in [2.75, 3.05) is 12.3 Å². The molecule has 0 radical (unpaired) electrons. The Kier molecular flexibility index (Phi) is 5.56. The minimum absolute atomic E-state index is 0.00301. The lowest BCUT2D eigenvalue weighted by Crippen LogP contribution is -2.43. The van der Waals surface area contributed by atoms with E-state index in [9.17, 15) is 13.2 Å². The summed E-state index contributed by atoms with van der Waals surface area (Å²) in [6, 6.07) is 7.69. The average Bonchev–Trinajstić information content (AvgIpc) is 3.58. The lowest BCUT2D eigenvalue weighted by molar-refractivity contribution is 0.0895. The van der Waals surface area contributed by atoms with Crippen LogP contribution in [0.4, 0.5) is 0 Å². The standard InChI is InChI=1S/C23H33NO3S/c1-17-4-2-3-5-21(17)22(25)24-16-23(14-18-6-7-18)12-10-20(11-13-23)28(26,27)15-19-8-9-19/h2-5,18-20H,6-16H2,1H3,(H,24,25). The predicted octanol–water partition coefficient (Wildman–Crippen LogP) is 4.28. The molecule has 0 spiro atoms. The summed E-state index contributed by atoms with van der Waals surface area (Å²) in [7, 11) is -2.95. The molecule has 0 aromatic heterocycles. The van der Waals surface area contributed by atoms with Crippen molar-refractivity contribution in [3.63, 3.8) is 0 Å². The van der Waals surface area contributed by atoms with Crippen LogP contribution in [-0.4, -0.2) is 31.9 Å². The fourth-order valence-corrected chi connectivity index (χ4v) is 7.11. The van der Waals surface area contributed by atoms with Crippen molar-refractivity contribution in [2.24, 2.45) is 17.3 Å². The summed E-state index contributed by atoms with van der Waals surface area (Å²) >= 11 is 0. The van der Waals surface area contributed by atoms with Gasteiger partial charge in [0.25, 0.3) is 5.91 Å². The summed E-state index contributed by atoms with van der Waals surface area (Å²) in [6.45, 7) is 2.64. The van der Waals surface area contributed by atoms with Gasteiger partial charge in [-0.2, -0.15) is 0 Å². The molecule has 1 amide bonds. The normalized spacial score (nSPS) is 28.1. The molecule has 3 aliphatic carbocycles. The maximum absolute atomic E-state index is 12.7. The molecule has 4 rings (SSSR count). The van der Waals surface area contributed by atoms with Crippen molar-refractivity contribution in [3.05, 3.63) is 35.4 Å². The van der Waals surface area contributed by atoms with Crippen LogP contribution in [0.1, 0.15) is 73.7 Å². The highest BCUT2D eigenvalue weighted by Crippen LogP contribution is 2.48. The van der Waals surface area contributed by atoms with Gasteiger partial charge in [0.15, 0.2) is 9.84 Å². The van der Waals surface area contributed by atoms with E-state index >= 15 is 0 Å². The second-order valence-corrected chi connectivity index (χ2v) is 11.9. The second kappa shape index (κ2) is 7.81. The number of hydrogen-bond acceptors (Lipinski definition) is 3. The Labute approximate surface area is 169 Å². The Balaban J connectivity index is 1.39. The van der Waals surface area contributed by atoms with Crippen molar-refractivity contribution >= 4 is 15.7 Å². The zero-order chi connectivity index (χ0) is 19.8. The van der Waals surface area contributed by atoms with E-state index in [4.69, 9.17) is 0 Å². The van der Waals surface area contributed by atoms with E-state index in [0.717, 1.165) is 62.0 Å². The van der Waals surface area contributed by atoms with E-state index in [-0.39, 0.29) is 16.6 Å². The summed E-state index contributed by atoms with van der Waals surface area (Å²) in [5, 5.41) is 3.03. The monoisotopic (exact) mass is 403 g/mol. The maximum Gasteiger partial charge on any atom is 0.251 e. The van der Waals surface area contributed by atoms with Crippen LogP contribution >= 0.6 is 0 Å². The number of nitrogens with one attached hydrogen (secondary N) is 1. The molecule has 154 valence electrons. The molecule has 1 aromatic carbocycles. The van der Waals surface area contributed by atoms with Gasteiger partial charge in [0.2, 0.25) is 0 Å². The largest absolute Gasteiger partial charge is 0.351 e. The predicted molar refractivity (Wildman–Crippen MR) is 112 cm³/mol. The molecule has 1 N–H and O–H groups in total. The van der Waals surface area contributed by atoms with E-state index < -0.39 is 9.84 Å². The molecule has 0 saturated heterocycles. The van der Waals surface area contributed by atoms with Gasteiger partial charge in [-0.25, -0.2) is 8.42 Å². The summed E-state index contributed by atoms with van der Waals surface area (Å²) in [5.41, 5.74) is 1.81. The van der Waals surface area contributed by atoms with Gasteiger partial charge in [-0.05, 0) is 80.8 Å². The van der Waals surface area contributed by atoms with Crippen LogP contribution < -0.4 is 5.32 Å². The topological polar surface area (TPSA) is 63.2 Å². The highest BCUT2D eigenvalue weighted by atomic mass is 32.2. The highest BCUT2D eigenvalue weighted by Gasteiger charge is 2.43.